The molecule has 1 atom stereocenters. The molecule has 2 aliphatic rings. The van der Waals surface area contributed by atoms with Crippen LogP contribution in [0.15, 0.2) is 12.4 Å². The summed E-state index contributed by atoms with van der Waals surface area (Å²) < 4.78 is 6.84. The van der Waals surface area contributed by atoms with Crippen molar-refractivity contribution < 1.29 is 14.3 Å². The summed E-state index contributed by atoms with van der Waals surface area (Å²) >= 11 is 0. The Balaban J connectivity index is 1.53. The Morgan fingerprint density at radius 2 is 2.04 bits per heavy atom. The number of rotatable bonds is 5. The molecule has 0 bridgehead atoms. The van der Waals surface area contributed by atoms with Crippen LogP contribution in [0.5, 0.6) is 0 Å². The third-order valence-electron chi connectivity index (χ3n) is 4.96. The van der Waals surface area contributed by atoms with Gasteiger partial charge < -0.3 is 19.5 Å². The number of imidazole rings is 1. The van der Waals surface area contributed by atoms with Gasteiger partial charge in [0.05, 0.1) is 7.11 Å². The van der Waals surface area contributed by atoms with Crippen molar-refractivity contribution in [3.63, 3.8) is 0 Å². The van der Waals surface area contributed by atoms with Crippen molar-refractivity contribution in [2.45, 2.75) is 51.1 Å². The number of ether oxygens (including phenoxy) is 1. The molecule has 2 heterocycles. The zero-order chi connectivity index (χ0) is 17.1. The molecular weight excluding hydrogens is 308 g/mol. The number of aromatic nitrogens is 2. The van der Waals surface area contributed by atoms with Gasteiger partial charge in [0.2, 0.25) is 5.91 Å². The molecular formula is C17H26N4O3. The summed E-state index contributed by atoms with van der Waals surface area (Å²) in [6.45, 7) is 4.17. The molecule has 1 saturated carbocycles. The maximum absolute atomic E-state index is 12.4. The van der Waals surface area contributed by atoms with E-state index in [0.29, 0.717) is 19.0 Å². The van der Waals surface area contributed by atoms with Crippen LogP contribution in [-0.4, -0.2) is 52.7 Å². The molecule has 1 aliphatic carbocycles. The number of amides is 2. The fraction of sp³-hybridized carbons (Fsp3) is 0.706. The largest absolute Gasteiger partial charge is 0.453 e. The van der Waals surface area contributed by atoms with Crippen molar-refractivity contribution >= 4 is 12.0 Å². The average Bonchev–Trinajstić information content (AvgIpc) is 3.29. The van der Waals surface area contributed by atoms with Gasteiger partial charge in [0.25, 0.3) is 0 Å². The lowest BCUT2D eigenvalue weighted by atomic mass is 9.95. The quantitative estimate of drug-likeness (QED) is 0.890. The van der Waals surface area contributed by atoms with Crippen molar-refractivity contribution in [3.05, 3.63) is 18.2 Å². The molecule has 0 aromatic carbocycles. The third kappa shape index (κ3) is 3.88. The number of nitrogens with zero attached hydrogens (tertiary/aromatic N) is 3. The number of carbonyl (C=O) groups is 2. The highest BCUT2D eigenvalue weighted by molar-refractivity contribution is 5.85. The highest BCUT2D eigenvalue weighted by Gasteiger charge is 2.30. The third-order valence-corrected chi connectivity index (χ3v) is 4.96. The molecule has 1 aliphatic heterocycles. The van der Waals surface area contributed by atoms with E-state index in [9.17, 15) is 9.59 Å². The van der Waals surface area contributed by atoms with Crippen LogP contribution in [0.25, 0.3) is 0 Å². The standard InChI is InChI=1S/C17H26N4O3/c1-12(19-17(23)24-2)16(22)20-8-5-14(6-9-20)15-18-7-10-21(15)11-13-3-4-13/h7,10,12-14H,3-6,8-9,11H2,1-2H3,(H,19,23). The fourth-order valence-electron chi connectivity index (χ4n) is 3.34. The molecule has 7 nitrogen and oxygen atoms in total. The summed E-state index contributed by atoms with van der Waals surface area (Å²) in [6.07, 6.45) is 7.88. The van der Waals surface area contributed by atoms with E-state index in [1.807, 2.05) is 11.1 Å². The van der Waals surface area contributed by atoms with Crippen molar-refractivity contribution in [1.29, 1.82) is 0 Å². The molecule has 0 radical (unpaired) electrons. The molecule has 24 heavy (non-hydrogen) atoms. The first-order chi connectivity index (χ1) is 11.6. The van der Waals surface area contributed by atoms with Gasteiger partial charge >= 0.3 is 6.09 Å². The van der Waals surface area contributed by atoms with E-state index in [4.69, 9.17) is 0 Å². The van der Waals surface area contributed by atoms with Crippen LogP contribution in [0.1, 0.15) is 44.3 Å². The highest BCUT2D eigenvalue weighted by atomic mass is 16.5. The summed E-state index contributed by atoms with van der Waals surface area (Å²) in [5.41, 5.74) is 0. The van der Waals surface area contributed by atoms with Gasteiger partial charge in [0, 0.05) is 37.9 Å². The fourth-order valence-corrected chi connectivity index (χ4v) is 3.34. The van der Waals surface area contributed by atoms with Crippen molar-refractivity contribution in [3.8, 4) is 0 Å². The molecule has 2 fully saturated rings. The summed E-state index contributed by atoms with van der Waals surface area (Å²) in [5, 5.41) is 2.53. The van der Waals surface area contributed by atoms with Crippen LogP contribution >= 0.6 is 0 Å². The average molecular weight is 334 g/mol. The Kier molecular flexibility index (Phi) is 5.06. The van der Waals surface area contributed by atoms with Gasteiger partial charge in [0.15, 0.2) is 0 Å². The highest BCUT2D eigenvalue weighted by Crippen LogP contribution is 2.33. The topological polar surface area (TPSA) is 76.5 Å². The predicted octanol–water partition coefficient (Wildman–Crippen LogP) is 1.74. The van der Waals surface area contributed by atoms with E-state index in [1.165, 1.54) is 20.0 Å². The van der Waals surface area contributed by atoms with Crippen LogP contribution in [0, 0.1) is 5.92 Å². The Labute approximate surface area is 142 Å². The Bertz CT molecular complexity index is 588. The van der Waals surface area contributed by atoms with Crippen LogP contribution < -0.4 is 5.32 Å². The Hall–Kier alpha value is -2.05. The lowest BCUT2D eigenvalue weighted by Gasteiger charge is -2.33. The number of likely N-dealkylation sites (tertiary alicyclic amines) is 1. The van der Waals surface area contributed by atoms with E-state index >= 15 is 0 Å². The first-order valence-corrected chi connectivity index (χ1v) is 8.72. The second kappa shape index (κ2) is 7.23. The number of nitrogens with one attached hydrogen (secondary N) is 1. The first kappa shape index (κ1) is 16.8. The van der Waals surface area contributed by atoms with Crippen LogP contribution in [0.3, 0.4) is 0 Å². The molecule has 7 heteroatoms. The van der Waals surface area contributed by atoms with Crippen molar-refractivity contribution in [2.75, 3.05) is 20.2 Å². The van der Waals surface area contributed by atoms with E-state index in [-0.39, 0.29) is 5.91 Å². The second-order valence-corrected chi connectivity index (χ2v) is 6.84. The van der Waals surface area contributed by atoms with Crippen molar-refractivity contribution in [2.24, 2.45) is 5.92 Å². The van der Waals surface area contributed by atoms with Crippen LogP contribution in [-0.2, 0) is 16.1 Å². The van der Waals surface area contributed by atoms with Crippen molar-refractivity contribution in [1.82, 2.24) is 19.8 Å². The minimum Gasteiger partial charge on any atom is -0.453 e. The minimum absolute atomic E-state index is 0.0554. The van der Waals surface area contributed by atoms with E-state index in [0.717, 1.165) is 31.1 Å². The molecule has 2 amide bonds. The number of hydrogen-bond acceptors (Lipinski definition) is 4. The molecule has 1 saturated heterocycles. The minimum atomic E-state index is -0.576. The monoisotopic (exact) mass is 334 g/mol. The predicted molar refractivity (Wildman–Crippen MR) is 88.5 cm³/mol. The van der Waals surface area contributed by atoms with Gasteiger partial charge in [-0.2, -0.15) is 0 Å². The maximum atomic E-state index is 12.4. The molecule has 1 unspecified atom stereocenters. The van der Waals surface area contributed by atoms with E-state index < -0.39 is 12.1 Å². The Morgan fingerprint density at radius 3 is 2.67 bits per heavy atom. The van der Waals surface area contributed by atoms with Gasteiger partial charge in [-0.15, -0.1) is 0 Å². The SMILES string of the molecule is COC(=O)NC(C)C(=O)N1CCC(c2nccn2CC2CC2)CC1. The van der Waals surface area contributed by atoms with E-state index in [1.54, 1.807) is 6.92 Å². The van der Waals surface area contributed by atoms with Crippen LogP contribution in [0.2, 0.25) is 0 Å². The second-order valence-electron chi connectivity index (χ2n) is 6.84. The Morgan fingerprint density at radius 1 is 1.33 bits per heavy atom. The molecule has 1 N–H and O–H groups in total. The van der Waals surface area contributed by atoms with Gasteiger partial charge in [-0.3, -0.25) is 4.79 Å². The number of alkyl carbamates (subject to hydrolysis) is 1. The number of hydrogen-bond donors (Lipinski definition) is 1. The zero-order valence-corrected chi connectivity index (χ0v) is 14.4. The molecule has 1 aromatic heterocycles. The lowest BCUT2D eigenvalue weighted by molar-refractivity contribution is -0.134. The smallest absolute Gasteiger partial charge is 0.407 e. The van der Waals surface area contributed by atoms with Gasteiger partial charge in [-0.25, -0.2) is 9.78 Å². The van der Waals surface area contributed by atoms with Gasteiger partial charge in [-0.05, 0) is 38.5 Å². The normalized spacial score (nSPS) is 19.8. The lowest BCUT2D eigenvalue weighted by Crippen LogP contribution is -2.49. The number of methoxy groups -OCH3 is 1. The summed E-state index contributed by atoms with van der Waals surface area (Å²) in [7, 11) is 1.29. The molecule has 1 aromatic rings. The number of piperidine rings is 1. The molecule has 0 spiro atoms. The number of carbonyl (C=O) groups excluding carboxylic acids is 2. The van der Waals surface area contributed by atoms with E-state index in [2.05, 4.69) is 25.8 Å². The maximum Gasteiger partial charge on any atom is 0.407 e. The zero-order valence-electron chi connectivity index (χ0n) is 14.4. The van der Waals surface area contributed by atoms with Gasteiger partial charge in [0.1, 0.15) is 11.9 Å². The first-order valence-electron chi connectivity index (χ1n) is 8.72. The van der Waals surface area contributed by atoms with Gasteiger partial charge in [-0.1, -0.05) is 0 Å². The molecule has 3 rings (SSSR count). The van der Waals surface area contributed by atoms with Crippen LogP contribution in [0.4, 0.5) is 4.79 Å². The summed E-state index contributed by atoms with van der Waals surface area (Å²) in [5.74, 6) is 2.34. The summed E-state index contributed by atoms with van der Waals surface area (Å²) in [6, 6.07) is -0.564. The summed E-state index contributed by atoms with van der Waals surface area (Å²) in [4.78, 5) is 30.0. The molecule has 132 valence electrons.